The molecule has 7 heteroatoms. The zero-order valence-electron chi connectivity index (χ0n) is 15.2. The molecule has 1 heterocycles. The molecule has 1 aromatic carbocycles. The van der Waals surface area contributed by atoms with E-state index < -0.39 is 5.91 Å². The molecule has 0 radical (unpaired) electrons. The van der Waals surface area contributed by atoms with Gasteiger partial charge in [0.25, 0.3) is 11.8 Å². The van der Waals surface area contributed by atoms with Crippen LogP contribution in [-0.4, -0.2) is 37.6 Å². The van der Waals surface area contributed by atoms with Crippen LogP contribution < -0.4 is 20.1 Å². The number of carbonyl (C=O) groups excluding carboxylic acids is 2. The van der Waals surface area contributed by atoms with Gasteiger partial charge in [-0.3, -0.25) is 14.6 Å². The van der Waals surface area contributed by atoms with Gasteiger partial charge in [-0.2, -0.15) is 0 Å². The summed E-state index contributed by atoms with van der Waals surface area (Å²) in [5.74, 6) is 0.402. The lowest BCUT2D eigenvalue weighted by atomic mass is 10.2. The highest BCUT2D eigenvalue weighted by Crippen LogP contribution is 2.29. The normalized spacial score (nSPS) is 10.1. The predicted molar refractivity (Wildman–Crippen MR) is 99.0 cm³/mol. The highest BCUT2D eigenvalue weighted by Gasteiger charge is 2.14. The molecular formula is C19H23N3O4. The molecule has 0 unspecified atom stereocenters. The minimum Gasteiger partial charge on any atom is -0.497 e. The fourth-order valence-corrected chi connectivity index (χ4v) is 2.27. The number of hydrogen-bond donors (Lipinski definition) is 2. The first-order chi connectivity index (χ1) is 12.6. The smallest absolute Gasteiger partial charge is 0.274 e. The van der Waals surface area contributed by atoms with Gasteiger partial charge >= 0.3 is 0 Å². The third-order valence-corrected chi connectivity index (χ3v) is 3.73. The number of anilines is 1. The van der Waals surface area contributed by atoms with Gasteiger partial charge in [0.1, 0.15) is 17.2 Å². The van der Waals surface area contributed by atoms with Crippen molar-refractivity contribution in [1.29, 1.82) is 0 Å². The molecule has 0 bridgehead atoms. The van der Waals surface area contributed by atoms with Gasteiger partial charge in [0, 0.05) is 24.4 Å². The summed E-state index contributed by atoms with van der Waals surface area (Å²) in [6, 6.07) is 8.11. The highest BCUT2D eigenvalue weighted by molar-refractivity contribution is 6.05. The van der Waals surface area contributed by atoms with Crippen molar-refractivity contribution in [2.45, 2.75) is 19.8 Å². The maximum atomic E-state index is 12.5. The Bertz CT molecular complexity index is 777. The van der Waals surface area contributed by atoms with E-state index in [1.165, 1.54) is 26.5 Å². The molecule has 2 amide bonds. The Labute approximate surface area is 152 Å². The number of aromatic nitrogens is 1. The Balaban J connectivity index is 2.15. The van der Waals surface area contributed by atoms with Crippen molar-refractivity contribution in [3.05, 3.63) is 47.8 Å². The lowest BCUT2D eigenvalue weighted by molar-refractivity contribution is 0.0953. The molecule has 0 atom stereocenters. The summed E-state index contributed by atoms with van der Waals surface area (Å²) in [6.07, 6.45) is 3.33. The van der Waals surface area contributed by atoms with E-state index in [0.717, 1.165) is 12.8 Å². The van der Waals surface area contributed by atoms with Crippen molar-refractivity contribution < 1.29 is 19.1 Å². The predicted octanol–water partition coefficient (Wildman–Crippen LogP) is 2.88. The first-order valence-electron chi connectivity index (χ1n) is 8.36. The van der Waals surface area contributed by atoms with E-state index >= 15 is 0 Å². The number of carbonyl (C=O) groups is 2. The van der Waals surface area contributed by atoms with Crippen molar-refractivity contribution >= 4 is 17.5 Å². The van der Waals surface area contributed by atoms with Crippen LogP contribution in [0.2, 0.25) is 0 Å². The number of rotatable bonds is 8. The fraction of sp³-hybridized carbons (Fsp3) is 0.316. The molecule has 7 nitrogen and oxygen atoms in total. The third-order valence-electron chi connectivity index (χ3n) is 3.73. The molecular weight excluding hydrogens is 334 g/mol. The highest BCUT2D eigenvalue weighted by atomic mass is 16.5. The molecule has 0 spiro atoms. The van der Waals surface area contributed by atoms with Crippen LogP contribution in [0.3, 0.4) is 0 Å². The van der Waals surface area contributed by atoms with Crippen LogP contribution in [-0.2, 0) is 0 Å². The molecule has 2 aromatic rings. The summed E-state index contributed by atoms with van der Waals surface area (Å²) in [5, 5.41) is 5.55. The first kappa shape index (κ1) is 19.2. The van der Waals surface area contributed by atoms with Crippen molar-refractivity contribution in [3.63, 3.8) is 0 Å². The fourth-order valence-electron chi connectivity index (χ4n) is 2.27. The maximum Gasteiger partial charge on any atom is 0.274 e. The van der Waals surface area contributed by atoms with Crippen molar-refractivity contribution in [2.75, 3.05) is 26.1 Å². The topological polar surface area (TPSA) is 89.6 Å². The van der Waals surface area contributed by atoms with Gasteiger partial charge in [0.2, 0.25) is 0 Å². The standard InChI is InChI=1S/C19H23N3O4/c1-4-5-9-21-18(23)13-8-10-20-16(11-13)19(24)22-15-12-14(25-2)6-7-17(15)26-3/h6-8,10-12H,4-5,9H2,1-3H3,(H,21,23)(H,22,24). The second kappa shape index (κ2) is 9.41. The van der Waals surface area contributed by atoms with Crippen molar-refractivity contribution in [2.24, 2.45) is 0 Å². The molecule has 138 valence electrons. The molecule has 0 saturated heterocycles. The van der Waals surface area contributed by atoms with Crippen LogP contribution in [0.25, 0.3) is 0 Å². The Morgan fingerprint density at radius 2 is 1.88 bits per heavy atom. The van der Waals surface area contributed by atoms with E-state index in [0.29, 0.717) is 29.3 Å². The molecule has 2 N–H and O–H groups in total. The number of ether oxygens (including phenoxy) is 2. The van der Waals surface area contributed by atoms with Crippen LogP contribution in [0.1, 0.15) is 40.6 Å². The monoisotopic (exact) mass is 357 g/mol. The number of benzene rings is 1. The molecule has 0 aliphatic rings. The lowest BCUT2D eigenvalue weighted by Gasteiger charge is -2.12. The van der Waals surface area contributed by atoms with E-state index in [9.17, 15) is 9.59 Å². The Hall–Kier alpha value is -3.09. The van der Waals surface area contributed by atoms with Gasteiger partial charge in [-0.1, -0.05) is 13.3 Å². The van der Waals surface area contributed by atoms with E-state index in [2.05, 4.69) is 15.6 Å². The van der Waals surface area contributed by atoms with Crippen LogP contribution in [0, 0.1) is 0 Å². The average molecular weight is 357 g/mol. The summed E-state index contributed by atoms with van der Waals surface area (Å²) >= 11 is 0. The molecule has 0 aliphatic carbocycles. The van der Waals surface area contributed by atoms with E-state index in [4.69, 9.17) is 9.47 Å². The quantitative estimate of drug-likeness (QED) is 0.709. The molecule has 0 saturated carbocycles. The third kappa shape index (κ3) is 4.95. The minimum absolute atomic E-state index is 0.137. The van der Waals surface area contributed by atoms with Crippen molar-refractivity contribution in [1.82, 2.24) is 10.3 Å². The summed E-state index contributed by atoms with van der Waals surface area (Å²) < 4.78 is 10.4. The molecule has 0 aliphatic heterocycles. The van der Waals surface area contributed by atoms with Crippen molar-refractivity contribution in [3.8, 4) is 11.5 Å². The summed E-state index contributed by atoms with van der Waals surface area (Å²) in [6.45, 7) is 2.65. The summed E-state index contributed by atoms with van der Waals surface area (Å²) in [7, 11) is 3.05. The summed E-state index contributed by atoms with van der Waals surface area (Å²) in [4.78, 5) is 28.7. The molecule has 2 rings (SSSR count). The Kier molecular flexibility index (Phi) is 6.96. The number of pyridine rings is 1. The van der Waals surface area contributed by atoms with E-state index in [1.54, 1.807) is 24.3 Å². The molecule has 26 heavy (non-hydrogen) atoms. The van der Waals surface area contributed by atoms with E-state index in [-0.39, 0.29) is 11.6 Å². The lowest BCUT2D eigenvalue weighted by Crippen LogP contribution is -2.25. The van der Waals surface area contributed by atoms with Gasteiger partial charge in [-0.25, -0.2) is 0 Å². The van der Waals surface area contributed by atoms with Crippen LogP contribution in [0.5, 0.6) is 11.5 Å². The number of hydrogen-bond acceptors (Lipinski definition) is 5. The van der Waals surface area contributed by atoms with Gasteiger partial charge < -0.3 is 20.1 Å². The molecule has 0 fully saturated rings. The number of nitrogens with one attached hydrogen (secondary N) is 2. The van der Waals surface area contributed by atoms with Gasteiger partial charge in [-0.05, 0) is 30.7 Å². The number of nitrogens with zero attached hydrogens (tertiary/aromatic N) is 1. The number of amides is 2. The summed E-state index contributed by atoms with van der Waals surface area (Å²) in [5.41, 5.74) is 0.980. The van der Waals surface area contributed by atoms with Crippen LogP contribution in [0.15, 0.2) is 36.5 Å². The van der Waals surface area contributed by atoms with Gasteiger partial charge in [0.05, 0.1) is 19.9 Å². The van der Waals surface area contributed by atoms with E-state index in [1.807, 2.05) is 6.92 Å². The zero-order chi connectivity index (χ0) is 18.9. The SMILES string of the molecule is CCCCNC(=O)c1ccnc(C(=O)Nc2cc(OC)ccc2OC)c1. The van der Waals surface area contributed by atoms with Gasteiger partial charge in [-0.15, -0.1) is 0 Å². The Morgan fingerprint density at radius 3 is 2.58 bits per heavy atom. The number of methoxy groups -OCH3 is 2. The zero-order valence-corrected chi connectivity index (χ0v) is 15.2. The largest absolute Gasteiger partial charge is 0.497 e. The molecule has 1 aromatic heterocycles. The van der Waals surface area contributed by atoms with Crippen LogP contribution in [0.4, 0.5) is 5.69 Å². The second-order valence-electron chi connectivity index (χ2n) is 5.56. The van der Waals surface area contributed by atoms with Gasteiger partial charge in [0.15, 0.2) is 0 Å². The first-order valence-corrected chi connectivity index (χ1v) is 8.36. The van der Waals surface area contributed by atoms with Crippen LogP contribution >= 0.6 is 0 Å². The Morgan fingerprint density at radius 1 is 1.08 bits per heavy atom. The minimum atomic E-state index is -0.445. The maximum absolute atomic E-state index is 12.5. The average Bonchev–Trinajstić information content (AvgIpc) is 2.68. The second-order valence-corrected chi connectivity index (χ2v) is 5.56. The number of unbranched alkanes of at least 4 members (excludes halogenated alkanes) is 1.